The summed E-state index contributed by atoms with van der Waals surface area (Å²) in [6.45, 7) is 5.06. The maximum Gasteiger partial charge on any atom is 0.333 e. The van der Waals surface area contributed by atoms with Crippen molar-refractivity contribution in [2.75, 3.05) is 25.5 Å². The molecule has 4 nitrogen and oxygen atoms in total. The van der Waals surface area contributed by atoms with Crippen molar-refractivity contribution in [2.45, 2.75) is 31.8 Å². The van der Waals surface area contributed by atoms with E-state index in [0.717, 1.165) is 12.1 Å². The molecule has 104 valence electrons. The van der Waals surface area contributed by atoms with Gasteiger partial charge in [-0.2, -0.15) is 0 Å². The Labute approximate surface area is 114 Å². The highest BCUT2D eigenvalue weighted by Crippen LogP contribution is 2.30. The van der Waals surface area contributed by atoms with Gasteiger partial charge in [-0.3, -0.25) is 0 Å². The molecule has 19 heavy (non-hydrogen) atoms. The van der Waals surface area contributed by atoms with E-state index >= 15 is 0 Å². The van der Waals surface area contributed by atoms with Crippen LogP contribution in [0.2, 0.25) is 0 Å². The molecule has 1 aromatic carbocycles. The van der Waals surface area contributed by atoms with Crippen LogP contribution >= 0.6 is 0 Å². The zero-order valence-corrected chi connectivity index (χ0v) is 11.8. The monoisotopic (exact) mass is 262 g/mol. The molecule has 2 unspecified atom stereocenters. The second kappa shape index (κ2) is 5.61. The number of rotatable bonds is 4. The maximum atomic E-state index is 12.4. The Bertz CT molecular complexity index is 423. The molecular formula is C15H22N2O2. The summed E-state index contributed by atoms with van der Waals surface area (Å²) in [4.78, 5) is 14.5. The first-order valence-electron chi connectivity index (χ1n) is 6.78. The molecule has 1 saturated heterocycles. The summed E-state index contributed by atoms with van der Waals surface area (Å²) in [6, 6.07) is 10.2. The number of anilines is 1. The second-order valence-electron chi connectivity index (χ2n) is 5.26. The number of carbonyl (C=O) groups excluding carboxylic acids is 1. The van der Waals surface area contributed by atoms with Crippen molar-refractivity contribution in [3.8, 4) is 0 Å². The third kappa shape index (κ3) is 2.89. The Hall–Kier alpha value is -1.55. The SMILES string of the molecule is CCOC(=O)C1(Nc2ccccc2)CC(C)N(C)C1. The number of nitrogens with zero attached hydrogens (tertiary/aromatic N) is 1. The van der Waals surface area contributed by atoms with Crippen LogP contribution in [0.5, 0.6) is 0 Å². The van der Waals surface area contributed by atoms with Gasteiger partial charge in [0.15, 0.2) is 0 Å². The molecule has 0 spiro atoms. The number of hydrogen-bond acceptors (Lipinski definition) is 4. The van der Waals surface area contributed by atoms with E-state index < -0.39 is 5.54 Å². The molecule has 1 heterocycles. The third-order valence-electron chi connectivity index (χ3n) is 3.74. The van der Waals surface area contributed by atoms with Gasteiger partial charge in [0.05, 0.1) is 6.61 Å². The number of esters is 1. The molecule has 0 radical (unpaired) electrons. The van der Waals surface area contributed by atoms with E-state index in [2.05, 4.69) is 17.1 Å². The number of para-hydroxylation sites is 1. The van der Waals surface area contributed by atoms with E-state index in [1.54, 1.807) is 0 Å². The van der Waals surface area contributed by atoms with E-state index in [-0.39, 0.29) is 5.97 Å². The molecule has 1 aliphatic rings. The molecular weight excluding hydrogens is 240 g/mol. The minimum atomic E-state index is -0.633. The molecule has 0 aliphatic carbocycles. The normalized spacial score (nSPS) is 27.2. The lowest BCUT2D eigenvalue weighted by Crippen LogP contribution is -2.49. The van der Waals surface area contributed by atoms with Crippen LogP contribution in [0.3, 0.4) is 0 Å². The first kappa shape index (κ1) is 13.9. The first-order chi connectivity index (χ1) is 9.07. The predicted molar refractivity (Wildman–Crippen MR) is 76.1 cm³/mol. The highest BCUT2D eigenvalue weighted by Gasteiger charge is 2.48. The van der Waals surface area contributed by atoms with Crippen LogP contribution in [-0.4, -0.2) is 42.6 Å². The number of likely N-dealkylation sites (tertiary alicyclic amines) is 1. The van der Waals surface area contributed by atoms with Crippen LogP contribution in [0.25, 0.3) is 0 Å². The van der Waals surface area contributed by atoms with Crippen LogP contribution in [0, 0.1) is 0 Å². The average Bonchev–Trinajstić information content (AvgIpc) is 2.67. The zero-order chi connectivity index (χ0) is 13.9. The summed E-state index contributed by atoms with van der Waals surface area (Å²) in [5.74, 6) is -0.157. The number of ether oxygens (including phenoxy) is 1. The van der Waals surface area contributed by atoms with Crippen LogP contribution < -0.4 is 5.32 Å². The van der Waals surface area contributed by atoms with Crippen LogP contribution in [0.4, 0.5) is 5.69 Å². The van der Waals surface area contributed by atoms with E-state index in [4.69, 9.17) is 4.74 Å². The highest BCUT2D eigenvalue weighted by molar-refractivity contribution is 5.85. The Kier molecular flexibility index (Phi) is 4.10. The molecule has 1 fully saturated rings. The molecule has 0 saturated carbocycles. The molecule has 1 aromatic rings. The van der Waals surface area contributed by atoms with E-state index in [1.807, 2.05) is 44.3 Å². The summed E-state index contributed by atoms with van der Waals surface area (Å²) in [5.41, 5.74) is 0.323. The minimum Gasteiger partial charge on any atom is -0.464 e. The number of hydrogen-bond donors (Lipinski definition) is 1. The van der Waals surface area contributed by atoms with E-state index in [1.165, 1.54) is 0 Å². The van der Waals surface area contributed by atoms with Gasteiger partial charge in [-0.05, 0) is 39.4 Å². The van der Waals surface area contributed by atoms with Gasteiger partial charge >= 0.3 is 5.97 Å². The zero-order valence-electron chi connectivity index (χ0n) is 11.8. The van der Waals surface area contributed by atoms with Gasteiger partial charge in [0.25, 0.3) is 0 Å². The second-order valence-corrected chi connectivity index (χ2v) is 5.26. The van der Waals surface area contributed by atoms with Gasteiger partial charge in [0, 0.05) is 18.3 Å². The maximum absolute atomic E-state index is 12.4. The summed E-state index contributed by atoms with van der Waals surface area (Å²) in [7, 11) is 2.04. The van der Waals surface area contributed by atoms with Crippen LogP contribution in [0.15, 0.2) is 30.3 Å². The number of carbonyl (C=O) groups is 1. The largest absolute Gasteiger partial charge is 0.464 e. The molecule has 2 rings (SSSR count). The Morgan fingerprint density at radius 1 is 1.47 bits per heavy atom. The van der Waals surface area contributed by atoms with Crippen molar-refractivity contribution in [3.63, 3.8) is 0 Å². The van der Waals surface area contributed by atoms with Crippen molar-refractivity contribution in [1.82, 2.24) is 4.90 Å². The summed E-state index contributed by atoms with van der Waals surface area (Å²) in [6.07, 6.45) is 0.761. The number of likely N-dealkylation sites (N-methyl/N-ethyl adjacent to an activating group) is 1. The van der Waals surface area contributed by atoms with Gasteiger partial charge in [-0.1, -0.05) is 18.2 Å². The van der Waals surface area contributed by atoms with Crippen molar-refractivity contribution >= 4 is 11.7 Å². The third-order valence-corrected chi connectivity index (χ3v) is 3.74. The molecule has 1 aliphatic heterocycles. The van der Waals surface area contributed by atoms with Gasteiger partial charge < -0.3 is 15.0 Å². The predicted octanol–water partition coefficient (Wildman–Crippen LogP) is 2.12. The van der Waals surface area contributed by atoms with Gasteiger partial charge in [0.1, 0.15) is 5.54 Å². The molecule has 0 amide bonds. The van der Waals surface area contributed by atoms with Crippen molar-refractivity contribution < 1.29 is 9.53 Å². The van der Waals surface area contributed by atoms with Gasteiger partial charge in [-0.25, -0.2) is 4.79 Å². The smallest absolute Gasteiger partial charge is 0.333 e. The number of nitrogens with one attached hydrogen (secondary N) is 1. The summed E-state index contributed by atoms with van der Waals surface area (Å²) in [5, 5.41) is 3.38. The van der Waals surface area contributed by atoms with Crippen LogP contribution in [-0.2, 0) is 9.53 Å². The van der Waals surface area contributed by atoms with E-state index in [0.29, 0.717) is 19.2 Å². The average molecular weight is 262 g/mol. The van der Waals surface area contributed by atoms with Crippen molar-refractivity contribution in [1.29, 1.82) is 0 Å². The topological polar surface area (TPSA) is 41.6 Å². The Balaban J connectivity index is 2.23. The van der Waals surface area contributed by atoms with Crippen molar-refractivity contribution in [2.24, 2.45) is 0 Å². The standard InChI is InChI=1S/C15H22N2O2/c1-4-19-14(18)15(10-12(2)17(3)11-15)16-13-8-6-5-7-9-13/h5-9,12,16H,4,10-11H2,1-3H3. The fraction of sp³-hybridized carbons (Fsp3) is 0.533. The molecule has 0 aromatic heterocycles. The van der Waals surface area contributed by atoms with Crippen LogP contribution in [0.1, 0.15) is 20.3 Å². The van der Waals surface area contributed by atoms with Crippen molar-refractivity contribution in [3.05, 3.63) is 30.3 Å². The molecule has 0 bridgehead atoms. The minimum absolute atomic E-state index is 0.157. The van der Waals surface area contributed by atoms with Gasteiger partial charge in [0.2, 0.25) is 0 Å². The molecule has 2 atom stereocenters. The lowest BCUT2D eigenvalue weighted by atomic mass is 9.95. The van der Waals surface area contributed by atoms with Gasteiger partial charge in [-0.15, -0.1) is 0 Å². The molecule has 4 heteroatoms. The molecule has 1 N–H and O–H groups in total. The van der Waals surface area contributed by atoms with E-state index in [9.17, 15) is 4.79 Å². The first-order valence-corrected chi connectivity index (χ1v) is 6.78. The quantitative estimate of drug-likeness (QED) is 0.844. The fourth-order valence-electron chi connectivity index (χ4n) is 2.66. The Morgan fingerprint density at radius 3 is 2.68 bits per heavy atom. The highest BCUT2D eigenvalue weighted by atomic mass is 16.5. The lowest BCUT2D eigenvalue weighted by molar-refractivity contribution is -0.148. The number of benzene rings is 1. The Morgan fingerprint density at radius 2 is 2.16 bits per heavy atom. The summed E-state index contributed by atoms with van der Waals surface area (Å²) >= 11 is 0. The fourth-order valence-corrected chi connectivity index (χ4v) is 2.66. The lowest BCUT2D eigenvalue weighted by Gasteiger charge is -2.29. The summed E-state index contributed by atoms with van der Waals surface area (Å²) < 4.78 is 5.27.